The molecule has 18 heavy (non-hydrogen) atoms. The summed E-state index contributed by atoms with van der Waals surface area (Å²) in [5.74, 6) is -1.49. The van der Waals surface area contributed by atoms with Gasteiger partial charge in [0.05, 0.1) is 0 Å². The van der Waals surface area contributed by atoms with Crippen molar-refractivity contribution < 1.29 is 48.4 Å². The second-order valence-corrected chi connectivity index (χ2v) is 10.4. The summed E-state index contributed by atoms with van der Waals surface area (Å²) in [5, 5.41) is 7.63. The Morgan fingerprint density at radius 3 is 2.33 bits per heavy atom. The normalized spacial score (nSPS) is 21.6. The van der Waals surface area contributed by atoms with Crippen molar-refractivity contribution in [3.63, 3.8) is 0 Å². The number of ether oxygens (including phenoxy) is 2. The van der Waals surface area contributed by atoms with E-state index in [0.29, 0.717) is 0 Å². The van der Waals surface area contributed by atoms with Crippen molar-refractivity contribution in [3.05, 3.63) is 11.3 Å². The molecule has 0 aliphatic carbocycles. The van der Waals surface area contributed by atoms with Gasteiger partial charge in [-0.1, -0.05) is 0 Å². The minimum absolute atomic E-state index is 0.0496. The number of hydrogen-bond acceptors (Lipinski definition) is 6. The van der Waals surface area contributed by atoms with Crippen LogP contribution >= 0.6 is 0 Å². The summed E-state index contributed by atoms with van der Waals surface area (Å²) >= 11 is -1.86. The van der Waals surface area contributed by atoms with Crippen molar-refractivity contribution in [1.29, 1.82) is 0 Å². The number of carbonyl (C=O) groups is 2. The maximum atomic E-state index is 11.8. The van der Waals surface area contributed by atoms with Crippen molar-refractivity contribution in [3.8, 4) is 0 Å². The summed E-state index contributed by atoms with van der Waals surface area (Å²) < 4.78 is 10.1. The molecule has 1 heterocycles. The van der Waals surface area contributed by atoms with Crippen LogP contribution in [0.25, 0.3) is 0 Å². The Kier molecular flexibility index (Phi) is 4.72. The third kappa shape index (κ3) is 2.23. The van der Waals surface area contributed by atoms with E-state index in [4.69, 9.17) is 4.74 Å². The summed E-state index contributed by atoms with van der Waals surface area (Å²) in [6, 6.07) is 0. The van der Waals surface area contributed by atoms with E-state index in [-0.39, 0.29) is 17.1 Å². The number of Topliss-reactive ketones (excluding diaryl/α,β-unsaturated/α-hetero) is 1. The Morgan fingerprint density at radius 2 is 1.94 bits per heavy atom. The van der Waals surface area contributed by atoms with Gasteiger partial charge in [-0.15, -0.1) is 0 Å². The molecule has 1 N–H and O–H groups in total. The van der Waals surface area contributed by atoms with E-state index in [2.05, 4.69) is 15.0 Å². The standard InChI is InChI=1S/C9H9N2O5.CH3.Hg/c1-4(12)6-5(8(13)15-2)7(11-10-6)9(14)16-3;;/h1-3H3;1H3;/p+1. The first-order valence-corrected chi connectivity index (χ1v) is 13.6. The molecule has 1 unspecified atom stereocenters. The number of azo groups is 1. The molecule has 0 amide bonds. The van der Waals surface area contributed by atoms with Crippen LogP contribution in [-0.2, 0) is 43.6 Å². The van der Waals surface area contributed by atoms with Crippen LogP contribution in [0.15, 0.2) is 21.5 Å². The van der Waals surface area contributed by atoms with E-state index in [0.717, 1.165) is 0 Å². The fraction of sp³-hybridized carbons (Fsp3) is 0.500. The van der Waals surface area contributed by atoms with Gasteiger partial charge in [0, 0.05) is 0 Å². The third-order valence-electron chi connectivity index (χ3n) is 2.85. The van der Waals surface area contributed by atoms with Crippen LogP contribution in [0.3, 0.4) is 0 Å². The first-order valence-electron chi connectivity index (χ1n) is 5.31. The fourth-order valence-electron chi connectivity index (χ4n) is 1.79. The number of rotatable bonds is 4. The number of ketones is 1. The quantitative estimate of drug-likeness (QED) is 0.359. The second-order valence-electron chi connectivity index (χ2n) is 3.69. The molecule has 0 fully saturated rings. The molecule has 1 atom stereocenters. The summed E-state index contributed by atoms with van der Waals surface area (Å²) in [6.45, 7) is 1.37. The minimum atomic E-state index is -1.86. The van der Waals surface area contributed by atoms with Crippen LogP contribution in [0.5, 0.6) is 0 Å². The molecular weight excluding hydrogens is 429 g/mol. The Morgan fingerprint density at radius 1 is 1.33 bits per heavy atom. The van der Waals surface area contributed by atoms with Gasteiger partial charge in [-0.05, 0) is 0 Å². The molecule has 0 spiro atoms. The van der Waals surface area contributed by atoms with Crippen molar-refractivity contribution >= 4 is 17.7 Å². The zero-order chi connectivity index (χ0) is 13.9. The number of esters is 2. The summed E-state index contributed by atoms with van der Waals surface area (Å²) in [4.78, 5) is 33.2. The summed E-state index contributed by atoms with van der Waals surface area (Å²) in [7, 11) is 2.43. The topological polar surface area (TPSA) is 98.7 Å². The van der Waals surface area contributed by atoms with Gasteiger partial charge in [0.25, 0.3) is 0 Å². The van der Waals surface area contributed by atoms with Crippen molar-refractivity contribution in [1.82, 2.24) is 0 Å². The molecule has 8 heteroatoms. The molecule has 0 aromatic rings. The van der Waals surface area contributed by atoms with Crippen LogP contribution in [0.4, 0.5) is 0 Å². The number of hydrogen-bond donors (Lipinski definition) is 0. The molecule has 1 rings (SSSR count). The predicted molar refractivity (Wildman–Crippen MR) is 57.1 cm³/mol. The van der Waals surface area contributed by atoms with E-state index in [9.17, 15) is 14.4 Å². The fourth-order valence-corrected chi connectivity index (χ4v) is 7.17. The van der Waals surface area contributed by atoms with Gasteiger partial charge in [0.1, 0.15) is 0 Å². The van der Waals surface area contributed by atoms with E-state index in [1.54, 1.807) is 0 Å². The molecular formula is C10H13HgN2O5+. The van der Waals surface area contributed by atoms with Crippen molar-refractivity contribution in [2.24, 2.45) is 10.2 Å². The van der Waals surface area contributed by atoms with Gasteiger partial charge in [-0.2, -0.15) is 0 Å². The van der Waals surface area contributed by atoms with Crippen LogP contribution in [0.1, 0.15) is 6.92 Å². The van der Waals surface area contributed by atoms with Gasteiger partial charge >= 0.3 is 116 Å². The van der Waals surface area contributed by atoms with E-state index in [1.165, 1.54) is 21.1 Å². The Balaban J connectivity index is 3.46. The number of carbonyl (C=O) groups excluding carboxylic acids is 3. The molecule has 0 saturated carbocycles. The second kappa shape index (κ2) is 5.68. The van der Waals surface area contributed by atoms with Crippen LogP contribution in [-0.4, -0.2) is 39.8 Å². The summed E-state index contributed by atoms with van der Waals surface area (Å²) in [6.07, 6.45) is 0. The van der Waals surface area contributed by atoms with Crippen molar-refractivity contribution in [2.75, 3.05) is 14.2 Å². The number of methoxy groups -OCH3 is 2. The van der Waals surface area contributed by atoms with Gasteiger partial charge in [-0.3, -0.25) is 0 Å². The molecule has 94 valence electrons. The summed E-state index contributed by atoms with van der Waals surface area (Å²) in [5.41, 5.74) is -0.109. The molecule has 0 bridgehead atoms. The van der Waals surface area contributed by atoms with Crippen LogP contribution < -0.4 is 0 Å². The maximum absolute atomic E-state index is 11.8. The Labute approximate surface area is 116 Å². The number of nitrogens with zero attached hydrogens (tertiary/aromatic N) is 2. The SMILES string of the molecule is COC(=O)C1=C(C(=[OH+])OC)[C]([Hg][CH3])(C(C)=O)N=N1. The van der Waals surface area contributed by atoms with E-state index >= 15 is 0 Å². The monoisotopic (exact) mass is 443 g/mol. The molecule has 1 aliphatic heterocycles. The van der Waals surface area contributed by atoms with E-state index in [1.807, 2.05) is 4.43 Å². The van der Waals surface area contributed by atoms with Gasteiger partial charge in [0.15, 0.2) is 0 Å². The van der Waals surface area contributed by atoms with Gasteiger partial charge in [-0.25, -0.2) is 0 Å². The zero-order valence-electron chi connectivity index (χ0n) is 10.7. The molecule has 1 aliphatic rings. The Hall–Kier alpha value is -1.11. The molecule has 0 aromatic heterocycles. The molecule has 7 nitrogen and oxygen atoms in total. The van der Waals surface area contributed by atoms with Crippen LogP contribution in [0, 0.1) is 0 Å². The molecule has 0 aromatic carbocycles. The van der Waals surface area contributed by atoms with Gasteiger partial charge in [0.2, 0.25) is 0 Å². The van der Waals surface area contributed by atoms with Crippen molar-refractivity contribution in [2.45, 2.75) is 14.4 Å². The molecule has 0 saturated heterocycles. The third-order valence-corrected chi connectivity index (χ3v) is 10.7. The van der Waals surface area contributed by atoms with Crippen LogP contribution in [0.2, 0.25) is 4.43 Å². The predicted octanol–water partition coefficient (Wildman–Crippen LogP) is 0.444. The van der Waals surface area contributed by atoms with E-state index < -0.39 is 39.6 Å². The zero-order valence-corrected chi connectivity index (χ0v) is 16.2. The first kappa shape index (κ1) is 14.9. The molecule has 0 radical (unpaired) electrons. The Bertz CT molecular complexity index is 471. The average molecular weight is 442 g/mol. The average Bonchev–Trinajstić information content (AvgIpc) is 2.77. The van der Waals surface area contributed by atoms with Gasteiger partial charge < -0.3 is 0 Å². The first-order chi connectivity index (χ1) is 8.44.